The van der Waals surface area contributed by atoms with Crippen molar-refractivity contribution >= 4 is 23.3 Å². The van der Waals surface area contributed by atoms with Crippen LogP contribution in [0.5, 0.6) is 0 Å². The molecule has 0 bridgehead atoms. The Morgan fingerprint density at radius 2 is 2.08 bits per heavy atom. The molecule has 2 aliphatic heterocycles. The lowest BCUT2D eigenvalue weighted by Crippen LogP contribution is -2.54. The number of hydrogen-bond acceptors (Lipinski definition) is 5. The van der Waals surface area contributed by atoms with E-state index in [2.05, 4.69) is 0 Å². The molecule has 6 heteroatoms. The number of ketones is 1. The highest BCUT2D eigenvalue weighted by Gasteiger charge is 2.64. The molecule has 0 saturated heterocycles. The Morgan fingerprint density at radius 3 is 2.83 bits per heavy atom. The normalized spacial score (nSPS) is 28.6. The van der Waals surface area contributed by atoms with E-state index in [1.807, 2.05) is 12.1 Å². The molecule has 1 spiro atoms. The molecule has 1 N–H and O–H groups in total. The summed E-state index contributed by atoms with van der Waals surface area (Å²) in [7, 11) is 1.64. The third-order valence-electron chi connectivity index (χ3n) is 5.15. The molecule has 3 aliphatic rings. The summed E-state index contributed by atoms with van der Waals surface area (Å²) in [5, 5.41) is 17.9. The van der Waals surface area contributed by atoms with Crippen LogP contribution in [0.1, 0.15) is 24.8 Å². The van der Waals surface area contributed by atoms with E-state index in [0.29, 0.717) is 36.3 Å². The largest absolute Gasteiger partial charge is 0.446 e. The summed E-state index contributed by atoms with van der Waals surface area (Å²) < 4.78 is 5.50. The van der Waals surface area contributed by atoms with Crippen LogP contribution in [-0.4, -0.2) is 24.6 Å². The molecule has 0 aromatic heterocycles. The number of anilines is 1. The monoisotopic (exact) mass is 321 g/mol. The van der Waals surface area contributed by atoms with Crippen LogP contribution in [0, 0.1) is 22.7 Å². The Bertz CT molecular complexity index is 880. The van der Waals surface area contributed by atoms with Crippen molar-refractivity contribution in [2.45, 2.75) is 24.7 Å². The average molecular weight is 321 g/mol. The predicted octanol–water partition coefficient (Wildman–Crippen LogP) is 2.06. The van der Waals surface area contributed by atoms with E-state index < -0.39 is 11.3 Å². The summed E-state index contributed by atoms with van der Waals surface area (Å²) in [5.74, 6) is -1.53. The topological polar surface area (TPSA) is 94.2 Å². The number of para-hydroxylation sites is 1. The zero-order chi connectivity index (χ0) is 17.1. The maximum atomic E-state index is 13.3. The molecule has 1 amide bonds. The molecule has 2 unspecified atom stereocenters. The van der Waals surface area contributed by atoms with Gasteiger partial charge in [0.2, 0.25) is 11.8 Å². The van der Waals surface area contributed by atoms with Crippen molar-refractivity contribution in [2.24, 2.45) is 5.92 Å². The highest BCUT2D eigenvalue weighted by Crippen LogP contribution is 2.55. The summed E-state index contributed by atoms with van der Waals surface area (Å²) in [6, 6.07) is 9.21. The third kappa shape index (κ3) is 1.51. The number of rotatable bonds is 0. The third-order valence-corrected chi connectivity index (χ3v) is 5.15. The van der Waals surface area contributed by atoms with Crippen molar-refractivity contribution < 1.29 is 14.3 Å². The van der Waals surface area contributed by atoms with Gasteiger partial charge in [-0.3, -0.25) is 15.0 Å². The predicted molar refractivity (Wildman–Crippen MR) is 85.3 cm³/mol. The van der Waals surface area contributed by atoms with Crippen molar-refractivity contribution in [3.63, 3.8) is 0 Å². The molecule has 24 heavy (non-hydrogen) atoms. The molecule has 0 radical (unpaired) electrons. The lowest BCUT2D eigenvalue weighted by Gasteiger charge is -2.40. The minimum atomic E-state index is -1.46. The zero-order valence-electron chi connectivity index (χ0n) is 13.1. The van der Waals surface area contributed by atoms with Crippen LogP contribution in [0.4, 0.5) is 5.69 Å². The van der Waals surface area contributed by atoms with E-state index in [4.69, 9.17) is 10.1 Å². The second-order valence-corrected chi connectivity index (χ2v) is 6.29. The van der Waals surface area contributed by atoms with Crippen LogP contribution in [0.25, 0.3) is 0 Å². The van der Waals surface area contributed by atoms with Gasteiger partial charge in [-0.25, -0.2) is 0 Å². The second kappa shape index (κ2) is 4.78. The summed E-state index contributed by atoms with van der Waals surface area (Å²) in [6.45, 7) is 0. The minimum absolute atomic E-state index is 0.164. The van der Waals surface area contributed by atoms with Gasteiger partial charge in [0.05, 0.1) is 11.6 Å². The quantitative estimate of drug-likeness (QED) is 0.791. The molecule has 4 rings (SSSR count). The summed E-state index contributed by atoms with van der Waals surface area (Å²) in [4.78, 5) is 27.5. The molecular formula is C18H15N3O3. The van der Waals surface area contributed by atoms with E-state index in [-0.39, 0.29) is 23.2 Å². The molecule has 2 heterocycles. The number of nitrogens with zero attached hydrogens (tertiary/aromatic N) is 2. The standard InChI is InChI=1S/C18H15N3O3/c1-21-12-6-3-2-5-10(12)18(17(21)23)11(9-19)16(20)24-14-8-4-7-13(22)15(14)18/h2-3,5-6,11,20H,4,7-8H2,1H3. The number of allylic oxidation sites excluding steroid dienone is 1. The van der Waals surface area contributed by atoms with Gasteiger partial charge in [0.15, 0.2) is 5.78 Å². The van der Waals surface area contributed by atoms with E-state index in [1.165, 1.54) is 4.90 Å². The van der Waals surface area contributed by atoms with E-state index >= 15 is 0 Å². The first-order valence-corrected chi connectivity index (χ1v) is 7.84. The Morgan fingerprint density at radius 1 is 1.33 bits per heavy atom. The average Bonchev–Trinajstić information content (AvgIpc) is 2.79. The summed E-state index contributed by atoms with van der Waals surface area (Å²) in [6.07, 6.45) is 1.46. The Labute approximate surface area is 138 Å². The lowest BCUT2D eigenvalue weighted by atomic mass is 9.62. The molecule has 1 aromatic rings. The Kier molecular flexibility index (Phi) is 2.91. The van der Waals surface area contributed by atoms with Crippen molar-refractivity contribution in [1.29, 1.82) is 10.7 Å². The summed E-state index contributed by atoms with van der Waals surface area (Å²) in [5.41, 5.74) is 0.100. The number of hydrogen-bond donors (Lipinski definition) is 1. The molecule has 2 atom stereocenters. The number of ether oxygens (including phenoxy) is 1. The van der Waals surface area contributed by atoms with Gasteiger partial charge in [0, 0.05) is 25.6 Å². The first-order chi connectivity index (χ1) is 11.5. The van der Waals surface area contributed by atoms with Crippen molar-refractivity contribution in [1.82, 2.24) is 0 Å². The highest BCUT2D eigenvalue weighted by molar-refractivity contribution is 6.20. The number of carbonyl (C=O) groups is 2. The fourth-order valence-corrected chi connectivity index (χ4v) is 4.15. The van der Waals surface area contributed by atoms with Gasteiger partial charge in [-0.2, -0.15) is 5.26 Å². The highest BCUT2D eigenvalue weighted by atomic mass is 16.5. The van der Waals surface area contributed by atoms with Crippen molar-refractivity contribution in [3.8, 4) is 6.07 Å². The van der Waals surface area contributed by atoms with Crippen molar-refractivity contribution in [3.05, 3.63) is 41.2 Å². The minimum Gasteiger partial charge on any atom is -0.446 e. The van der Waals surface area contributed by atoms with Crippen LogP contribution < -0.4 is 4.90 Å². The van der Waals surface area contributed by atoms with Crippen LogP contribution >= 0.6 is 0 Å². The van der Waals surface area contributed by atoms with Gasteiger partial charge in [0.25, 0.3) is 0 Å². The van der Waals surface area contributed by atoms with Gasteiger partial charge in [-0.15, -0.1) is 0 Å². The van der Waals surface area contributed by atoms with Gasteiger partial charge in [-0.1, -0.05) is 18.2 Å². The molecule has 1 aromatic carbocycles. The Balaban J connectivity index is 2.13. The lowest BCUT2D eigenvalue weighted by molar-refractivity contribution is -0.126. The maximum absolute atomic E-state index is 13.3. The number of carbonyl (C=O) groups excluding carboxylic acids is 2. The second-order valence-electron chi connectivity index (χ2n) is 6.29. The van der Waals surface area contributed by atoms with Gasteiger partial charge < -0.3 is 9.64 Å². The molecule has 0 saturated carbocycles. The first-order valence-electron chi connectivity index (χ1n) is 7.84. The van der Waals surface area contributed by atoms with Gasteiger partial charge >= 0.3 is 0 Å². The number of benzene rings is 1. The fourth-order valence-electron chi connectivity index (χ4n) is 4.15. The smallest absolute Gasteiger partial charge is 0.244 e. The fraction of sp³-hybridized carbons (Fsp3) is 0.333. The molecule has 120 valence electrons. The number of Topliss-reactive ketones (excluding diaryl/α,β-unsaturated/α-hetero) is 1. The molecular weight excluding hydrogens is 306 g/mol. The van der Waals surface area contributed by atoms with E-state index in [9.17, 15) is 14.9 Å². The van der Waals surface area contributed by atoms with Crippen molar-refractivity contribution in [2.75, 3.05) is 11.9 Å². The zero-order valence-corrected chi connectivity index (χ0v) is 13.1. The van der Waals surface area contributed by atoms with Crippen LogP contribution in [0.15, 0.2) is 35.6 Å². The molecule has 0 fully saturated rings. The summed E-state index contributed by atoms with van der Waals surface area (Å²) >= 11 is 0. The maximum Gasteiger partial charge on any atom is 0.244 e. The van der Waals surface area contributed by atoms with E-state index in [0.717, 1.165) is 0 Å². The first kappa shape index (κ1) is 14.6. The van der Waals surface area contributed by atoms with Crippen LogP contribution in [0.2, 0.25) is 0 Å². The van der Waals surface area contributed by atoms with Gasteiger partial charge in [0.1, 0.15) is 17.1 Å². The number of amides is 1. The molecule has 1 aliphatic carbocycles. The Hall–Kier alpha value is -2.94. The van der Waals surface area contributed by atoms with Crippen LogP contribution in [-0.2, 0) is 19.7 Å². The number of likely N-dealkylation sites (N-methyl/N-ethyl adjacent to an activating group) is 1. The van der Waals surface area contributed by atoms with Gasteiger partial charge in [-0.05, 0) is 18.1 Å². The number of nitrogens with one attached hydrogen (secondary N) is 1. The number of nitriles is 1. The molecule has 6 nitrogen and oxygen atoms in total. The number of fused-ring (bicyclic) bond motifs is 3. The van der Waals surface area contributed by atoms with Crippen LogP contribution in [0.3, 0.4) is 0 Å². The van der Waals surface area contributed by atoms with E-state index in [1.54, 1.807) is 25.2 Å². The SMILES string of the molecule is CN1C(=O)C2(C3=C(CCCC3=O)OC(=N)C2C#N)c2ccccc21.